The van der Waals surface area contributed by atoms with Gasteiger partial charge in [0.25, 0.3) is 0 Å². The van der Waals surface area contributed by atoms with Crippen LogP contribution in [0.3, 0.4) is 0 Å². The maximum atomic E-state index is 13.5. The van der Waals surface area contributed by atoms with Gasteiger partial charge in [-0.25, -0.2) is 4.98 Å². The van der Waals surface area contributed by atoms with Crippen molar-refractivity contribution in [2.24, 2.45) is 28.6 Å². The van der Waals surface area contributed by atoms with Crippen LogP contribution in [0, 0.1) is 28.6 Å². The quantitative estimate of drug-likeness (QED) is 0.565. The molecule has 8 heteroatoms. The SMILES string of the molecule is CC1CCN(C(=O)C[C@@H]2c3nc(NC(=O)C4CCC4)sc3C[C@@H]3[C@](C)(CO)[C@H](O)CC[C@]32C)CC1. The molecule has 3 aliphatic carbocycles. The second-order valence-electron chi connectivity index (χ2n) is 12.2. The summed E-state index contributed by atoms with van der Waals surface area (Å²) in [5.41, 5.74) is 0.0607. The molecule has 3 fully saturated rings. The summed E-state index contributed by atoms with van der Waals surface area (Å²) in [5, 5.41) is 25.1. The molecule has 2 heterocycles. The van der Waals surface area contributed by atoms with Crippen LogP contribution in [0.2, 0.25) is 0 Å². The number of hydrogen-bond acceptors (Lipinski definition) is 6. The number of carbonyl (C=O) groups is 2. The van der Waals surface area contributed by atoms with E-state index >= 15 is 0 Å². The van der Waals surface area contributed by atoms with E-state index < -0.39 is 11.5 Å². The Balaban J connectivity index is 1.47. The third-order valence-corrected chi connectivity index (χ3v) is 11.1. The zero-order valence-electron chi connectivity index (χ0n) is 21.4. The van der Waals surface area contributed by atoms with Crippen molar-refractivity contribution in [1.82, 2.24) is 9.88 Å². The van der Waals surface area contributed by atoms with Gasteiger partial charge in [-0.15, -0.1) is 11.3 Å². The standard InChI is InChI=1S/C27H41N3O4S/c1-16-8-11-30(12-9-16)22(33)13-18-23-19(35-25(28-23)29-24(34)17-5-4-6-17)14-20-26(18,2)10-7-21(32)27(20,3)15-31/h16-18,20-21,31-32H,4-15H2,1-3H3,(H,28,29,34)/t18-,20+,21-,26+,27+/m1/s1. The minimum atomic E-state index is -0.633. The minimum absolute atomic E-state index is 0.0334. The molecule has 1 aliphatic heterocycles. The van der Waals surface area contributed by atoms with Gasteiger partial charge in [-0.3, -0.25) is 9.59 Å². The largest absolute Gasteiger partial charge is 0.396 e. The van der Waals surface area contributed by atoms with Gasteiger partial charge in [-0.05, 0) is 62.2 Å². The number of anilines is 1. The van der Waals surface area contributed by atoms with Crippen LogP contribution >= 0.6 is 11.3 Å². The lowest BCUT2D eigenvalue weighted by Gasteiger charge is -2.58. The van der Waals surface area contributed by atoms with E-state index in [-0.39, 0.29) is 41.6 Å². The number of thiazole rings is 1. The van der Waals surface area contributed by atoms with Crippen molar-refractivity contribution in [3.05, 3.63) is 10.6 Å². The number of hydrogen-bond donors (Lipinski definition) is 3. The number of amides is 2. The Morgan fingerprint density at radius 2 is 1.89 bits per heavy atom. The van der Waals surface area contributed by atoms with Crippen LogP contribution in [0.15, 0.2) is 0 Å². The summed E-state index contributed by atoms with van der Waals surface area (Å²) in [6.45, 7) is 8.02. The molecule has 2 saturated carbocycles. The van der Waals surface area contributed by atoms with Crippen molar-refractivity contribution < 1.29 is 19.8 Å². The van der Waals surface area contributed by atoms with Gasteiger partial charge >= 0.3 is 0 Å². The maximum Gasteiger partial charge on any atom is 0.229 e. The molecule has 0 bridgehead atoms. The molecule has 2 amide bonds. The molecule has 0 unspecified atom stereocenters. The number of nitrogens with one attached hydrogen (secondary N) is 1. The third kappa shape index (κ3) is 4.33. The summed E-state index contributed by atoms with van der Waals surface area (Å²) < 4.78 is 0. The summed E-state index contributed by atoms with van der Waals surface area (Å²) in [5.74, 6) is 0.921. The van der Waals surface area contributed by atoms with E-state index in [0.717, 1.165) is 62.2 Å². The number of carbonyl (C=O) groups excluding carboxylic acids is 2. The number of aliphatic hydroxyl groups excluding tert-OH is 2. The first-order chi connectivity index (χ1) is 16.7. The number of likely N-dealkylation sites (tertiary alicyclic amines) is 1. The van der Waals surface area contributed by atoms with Gasteiger partial charge in [0.05, 0.1) is 18.4 Å². The number of rotatable bonds is 5. The first kappa shape index (κ1) is 25.2. The Kier molecular flexibility index (Phi) is 6.77. The lowest BCUT2D eigenvalue weighted by Crippen LogP contribution is -2.57. The molecule has 7 nitrogen and oxygen atoms in total. The molecule has 0 radical (unpaired) electrons. The predicted octanol–water partition coefficient (Wildman–Crippen LogP) is 3.95. The maximum absolute atomic E-state index is 13.5. The van der Waals surface area contributed by atoms with Crippen LogP contribution in [0.4, 0.5) is 5.13 Å². The fourth-order valence-electron chi connectivity index (χ4n) is 7.14. The predicted molar refractivity (Wildman–Crippen MR) is 136 cm³/mol. The fraction of sp³-hybridized carbons (Fsp3) is 0.815. The molecular formula is C27H41N3O4S. The van der Waals surface area contributed by atoms with Gasteiger partial charge < -0.3 is 20.4 Å². The molecule has 194 valence electrons. The molecule has 3 N–H and O–H groups in total. The van der Waals surface area contributed by atoms with Crippen molar-refractivity contribution in [1.29, 1.82) is 0 Å². The zero-order chi connectivity index (χ0) is 25.0. The van der Waals surface area contributed by atoms with E-state index in [1.807, 2.05) is 11.8 Å². The molecule has 5 atom stereocenters. The highest BCUT2D eigenvalue weighted by Gasteiger charge is 2.59. The van der Waals surface area contributed by atoms with E-state index in [1.54, 1.807) is 0 Å². The summed E-state index contributed by atoms with van der Waals surface area (Å²) in [7, 11) is 0. The Morgan fingerprint density at radius 3 is 2.51 bits per heavy atom. The molecule has 1 saturated heterocycles. The molecule has 5 rings (SSSR count). The van der Waals surface area contributed by atoms with Crippen molar-refractivity contribution in [3.63, 3.8) is 0 Å². The summed E-state index contributed by atoms with van der Waals surface area (Å²) in [4.78, 5) is 34.2. The van der Waals surface area contributed by atoms with Crippen molar-refractivity contribution in [3.8, 4) is 0 Å². The highest BCUT2D eigenvalue weighted by Crippen LogP contribution is 2.63. The van der Waals surface area contributed by atoms with Crippen LogP contribution in [0.5, 0.6) is 0 Å². The molecule has 4 aliphatic rings. The topological polar surface area (TPSA) is 103 Å². The second-order valence-corrected chi connectivity index (χ2v) is 13.3. The monoisotopic (exact) mass is 503 g/mol. The lowest BCUT2D eigenvalue weighted by molar-refractivity contribution is -0.147. The smallest absolute Gasteiger partial charge is 0.229 e. The van der Waals surface area contributed by atoms with E-state index in [0.29, 0.717) is 30.3 Å². The van der Waals surface area contributed by atoms with Crippen molar-refractivity contribution in [2.75, 3.05) is 25.0 Å². The van der Waals surface area contributed by atoms with Crippen molar-refractivity contribution >= 4 is 28.3 Å². The van der Waals surface area contributed by atoms with E-state index in [1.165, 1.54) is 11.3 Å². The highest BCUT2D eigenvalue weighted by molar-refractivity contribution is 7.15. The summed E-state index contributed by atoms with van der Waals surface area (Å²) in [6, 6.07) is 0. The molecule has 0 aromatic carbocycles. The van der Waals surface area contributed by atoms with Gasteiger partial charge in [0, 0.05) is 41.6 Å². The number of aromatic nitrogens is 1. The molecule has 35 heavy (non-hydrogen) atoms. The highest BCUT2D eigenvalue weighted by atomic mass is 32.1. The Morgan fingerprint density at radius 1 is 1.17 bits per heavy atom. The number of fused-ring (bicyclic) bond motifs is 2. The van der Waals surface area contributed by atoms with Crippen LogP contribution in [0.25, 0.3) is 0 Å². The first-order valence-electron chi connectivity index (χ1n) is 13.5. The number of nitrogens with zero attached hydrogens (tertiary/aromatic N) is 2. The second kappa shape index (κ2) is 9.42. The summed E-state index contributed by atoms with van der Waals surface area (Å²) >= 11 is 1.52. The van der Waals surface area contributed by atoms with Crippen LogP contribution in [0.1, 0.15) is 88.6 Å². The van der Waals surface area contributed by atoms with Crippen LogP contribution in [-0.4, -0.2) is 57.7 Å². The minimum Gasteiger partial charge on any atom is -0.396 e. The van der Waals surface area contributed by atoms with Gasteiger partial charge in [-0.2, -0.15) is 0 Å². The number of piperidine rings is 1. The van der Waals surface area contributed by atoms with E-state index in [9.17, 15) is 19.8 Å². The molecule has 0 spiro atoms. The van der Waals surface area contributed by atoms with Gasteiger partial charge in [-0.1, -0.05) is 27.2 Å². The third-order valence-electron chi connectivity index (χ3n) is 10.1. The van der Waals surface area contributed by atoms with E-state index in [4.69, 9.17) is 4.98 Å². The zero-order valence-corrected chi connectivity index (χ0v) is 22.2. The van der Waals surface area contributed by atoms with E-state index in [2.05, 4.69) is 19.2 Å². The van der Waals surface area contributed by atoms with Crippen molar-refractivity contribution in [2.45, 2.75) is 90.6 Å². The normalized spacial score (nSPS) is 35.7. The Labute approximate surface area is 212 Å². The summed E-state index contributed by atoms with van der Waals surface area (Å²) in [6.07, 6.45) is 7.02. The van der Waals surface area contributed by atoms with Gasteiger partial charge in [0.1, 0.15) is 0 Å². The number of aliphatic hydroxyl groups is 2. The lowest BCUT2D eigenvalue weighted by atomic mass is 9.47. The average Bonchev–Trinajstić information content (AvgIpc) is 3.19. The molecule has 1 aromatic rings. The Bertz CT molecular complexity index is 970. The first-order valence-corrected chi connectivity index (χ1v) is 14.3. The fourth-order valence-corrected chi connectivity index (χ4v) is 8.21. The van der Waals surface area contributed by atoms with Crippen LogP contribution < -0.4 is 5.32 Å². The molecule has 1 aromatic heterocycles. The van der Waals surface area contributed by atoms with Gasteiger partial charge in [0.2, 0.25) is 11.8 Å². The van der Waals surface area contributed by atoms with Crippen LogP contribution in [-0.2, 0) is 16.0 Å². The average molecular weight is 504 g/mol. The van der Waals surface area contributed by atoms with Gasteiger partial charge in [0.15, 0.2) is 5.13 Å². The Hall–Kier alpha value is -1.51. The molecular weight excluding hydrogens is 462 g/mol.